The second kappa shape index (κ2) is 10.8. The third-order valence-corrected chi connectivity index (χ3v) is 7.14. The van der Waals surface area contributed by atoms with Crippen LogP contribution in [-0.4, -0.2) is 61.1 Å². The van der Waals surface area contributed by atoms with Gasteiger partial charge in [-0.3, -0.25) is 9.89 Å². The first-order valence-electron chi connectivity index (χ1n) is 12.2. The number of H-pyrrole nitrogens is 1. The maximum absolute atomic E-state index is 13.8. The SMILES string of the molecule is COc1ccc(CCN2C(=O)c3[nH]nc(-c4ccc(Cl)cc4)c3C2c2cc(OC)c(O)c(OC)c2)cc1OC. The van der Waals surface area contributed by atoms with Gasteiger partial charge in [0.1, 0.15) is 5.69 Å². The van der Waals surface area contributed by atoms with Crippen molar-refractivity contribution in [2.24, 2.45) is 0 Å². The Morgan fingerprint density at radius 2 is 1.54 bits per heavy atom. The first kappa shape index (κ1) is 26.2. The van der Waals surface area contributed by atoms with Crippen molar-refractivity contribution in [3.05, 3.63) is 82.0 Å². The molecular weight excluding hydrogens is 522 g/mol. The van der Waals surface area contributed by atoms with Crippen molar-refractivity contribution in [3.8, 4) is 40.0 Å². The number of carbonyl (C=O) groups is 1. The molecule has 39 heavy (non-hydrogen) atoms. The molecule has 202 valence electrons. The number of carbonyl (C=O) groups excluding carboxylic acids is 1. The fourth-order valence-electron chi connectivity index (χ4n) is 4.96. The largest absolute Gasteiger partial charge is 0.502 e. The maximum Gasteiger partial charge on any atom is 0.273 e. The number of ether oxygens (including phenoxy) is 4. The van der Waals surface area contributed by atoms with Crippen molar-refractivity contribution in [1.29, 1.82) is 0 Å². The van der Waals surface area contributed by atoms with Crippen molar-refractivity contribution in [1.82, 2.24) is 15.1 Å². The summed E-state index contributed by atoms with van der Waals surface area (Å²) in [4.78, 5) is 15.6. The van der Waals surface area contributed by atoms with E-state index in [1.54, 1.807) is 43.4 Å². The fraction of sp³-hybridized carbons (Fsp3) is 0.241. The molecule has 0 saturated heterocycles. The molecule has 2 N–H and O–H groups in total. The van der Waals surface area contributed by atoms with Crippen LogP contribution < -0.4 is 18.9 Å². The summed E-state index contributed by atoms with van der Waals surface area (Å²) in [6, 6.07) is 15.9. The number of hydrogen-bond acceptors (Lipinski definition) is 7. The Morgan fingerprint density at radius 3 is 2.15 bits per heavy atom. The summed E-state index contributed by atoms with van der Waals surface area (Å²) in [5.41, 5.74) is 4.27. The number of fused-ring (bicyclic) bond motifs is 1. The number of rotatable bonds is 9. The van der Waals surface area contributed by atoms with Gasteiger partial charge < -0.3 is 29.0 Å². The number of nitrogens with one attached hydrogen (secondary N) is 1. The number of methoxy groups -OCH3 is 4. The van der Waals surface area contributed by atoms with Crippen LogP contribution in [0.1, 0.15) is 33.2 Å². The number of amides is 1. The summed E-state index contributed by atoms with van der Waals surface area (Å²) in [5.74, 6) is 1.42. The number of halogens is 1. The second-order valence-corrected chi connectivity index (χ2v) is 9.42. The highest BCUT2D eigenvalue weighted by Crippen LogP contribution is 2.47. The van der Waals surface area contributed by atoms with Crippen molar-refractivity contribution < 1.29 is 28.8 Å². The molecule has 10 heteroatoms. The monoisotopic (exact) mass is 549 g/mol. The summed E-state index contributed by atoms with van der Waals surface area (Å²) in [6.45, 7) is 0.396. The standard InChI is InChI=1S/C29H28ClN3O6/c1-36-20-10-5-16(13-21(20)37-2)11-12-33-27(18-14-22(38-3)28(34)23(15-18)39-4)24-25(31-32-26(24)29(33)35)17-6-8-19(30)9-7-17/h5-10,13-15,27,34H,11-12H2,1-4H3,(H,31,32). The Bertz CT molecular complexity index is 1490. The minimum absolute atomic E-state index is 0.115. The van der Waals surface area contributed by atoms with E-state index in [-0.39, 0.29) is 23.2 Å². The van der Waals surface area contributed by atoms with Gasteiger partial charge in [-0.1, -0.05) is 29.8 Å². The number of phenols is 1. The molecule has 0 fully saturated rings. The molecule has 0 spiro atoms. The molecule has 2 heterocycles. The maximum atomic E-state index is 13.8. The molecule has 1 unspecified atom stereocenters. The summed E-state index contributed by atoms with van der Waals surface area (Å²) < 4.78 is 21.7. The number of nitrogens with zero attached hydrogens (tertiary/aromatic N) is 2. The van der Waals surface area contributed by atoms with Crippen molar-refractivity contribution in [2.45, 2.75) is 12.5 Å². The summed E-state index contributed by atoms with van der Waals surface area (Å²) in [7, 11) is 6.11. The molecule has 0 saturated carbocycles. The molecule has 1 atom stereocenters. The van der Waals surface area contributed by atoms with E-state index in [1.807, 2.05) is 30.3 Å². The molecule has 1 amide bonds. The number of benzene rings is 3. The van der Waals surface area contributed by atoms with E-state index in [1.165, 1.54) is 14.2 Å². The molecule has 3 aromatic carbocycles. The van der Waals surface area contributed by atoms with E-state index < -0.39 is 6.04 Å². The quantitative estimate of drug-likeness (QED) is 0.293. The highest BCUT2D eigenvalue weighted by atomic mass is 35.5. The molecule has 4 aromatic rings. The van der Waals surface area contributed by atoms with E-state index in [0.717, 1.165) is 16.7 Å². The minimum atomic E-state index is -0.527. The van der Waals surface area contributed by atoms with Gasteiger partial charge in [0.15, 0.2) is 23.0 Å². The van der Waals surface area contributed by atoms with Crippen molar-refractivity contribution in [3.63, 3.8) is 0 Å². The average molecular weight is 550 g/mol. The highest BCUT2D eigenvalue weighted by Gasteiger charge is 2.42. The third kappa shape index (κ3) is 4.70. The molecule has 0 radical (unpaired) electrons. The third-order valence-electron chi connectivity index (χ3n) is 6.89. The molecule has 1 aliphatic rings. The Balaban J connectivity index is 1.60. The summed E-state index contributed by atoms with van der Waals surface area (Å²) in [5, 5.41) is 18.6. The number of aromatic amines is 1. The van der Waals surface area contributed by atoms with Crippen LogP contribution in [0, 0.1) is 0 Å². The van der Waals surface area contributed by atoms with Crippen LogP contribution in [-0.2, 0) is 6.42 Å². The molecular formula is C29H28ClN3O6. The predicted molar refractivity (Wildman–Crippen MR) is 146 cm³/mol. The van der Waals surface area contributed by atoms with E-state index in [0.29, 0.717) is 46.4 Å². The van der Waals surface area contributed by atoms with Crippen LogP contribution in [0.4, 0.5) is 0 Å². The lowest BCUT2D eigenvalue weighted by molar-refractivity contribution is 0.0745. The zero-order valence-corrected chi connectivity index (χ0v) is 22.7. The normalized spacial score (nSPS) is 14.3. The van der Waals surface area contributed by atoms with Crippen LogP contribution in [0.25, 0.3) is 11.3 Å². The van der Waals surface area contributed by atoms with E-state index in [2.05, 4.69) is 10.2 Å². The zero-order chi connectivity index (χ0) is 27.7. The fourth-order valence-corrected chi connectivity index (χ4v) is 5.08. The molecule has 1 aromatic heterocycles. The molecule has 5 rings (SSSR count). The first-order chi connectivity index (χ1) is 18.9. The summed E-state index contributed by atoms with van der Waals surface area (Å²) in [6.07, 6.45) is 0.558. The predicted octanol–water partition coefficient (Wildman–Crippen LogP) is 5.26. The Morgan fingerprint density at radius 1 is 0.897 bits per heavy atom. The molecule has 0 aliphatic carbocycles. The number of aromatic nitrogens is 2. The van der Waals surface area contributed by atoms with Gasteiger partial charge in [0.05, 0.1) is 40.2 Å². The minimum Gasteiger partial charge on any atom is -0.502 e. The lowest BCUT2D eigenvalue weighted by Gasteiger charge is -2.27. The topological polar surface area (TPSA) is 106 Å². The second-order valence-electron chi connectivity index (χ2n) is 8.98. The van der Waals surface area contributed by atoms with Crippen molar-refractivity contribution in [2.75, 3.05) is 35.0 Å². The number of hydrogen-bond donors (Lipinski definition) is 2. The Hall–Kier alpha value is -4.37. The van der Waals surface area contributed by atoms with Gasteiger partial charge in [0.25, 0.3) is 5.91 Å². The lowest BCUT2D eigenvalue weighted by atomic mass is 9.95. The van der Waals surface area contributed by atoms with Crippen LogP contribution in [0.2, 0.25) is 5.02 Å². The Kier molecular flexibility index (Phi) is 7.26. The molecule has 9 nitrogen and oxygen atoms in total. The summed E-state index contributed by atoms with van der Waals surface area (Å²) >= 11 is 6.12. The van der Waals surface area contributed by atoms with Crippen LogP contribution in [0.15, 0.2) is 54.6 Å². The smallest absolute Gasteiger partial charge is 0.273 e. The van der Waals surface area contributed by atoms with Gasteiger partial charge in [0.2, 0.25) is 5.75 Å². The van der Waals surface area contributed by atoms with E-state index >= 15 is 0 Å². The number of aromatic hydroxyl groups is 1. The van der Waals surface area contributed by atoms with Gasteiger partial charge in [-0.05, 0) is 53.9 Å². The van der Waals surface area contributed by atoms with Crippen LogP contribution in [0.3, 0.4) is 0 Å². The van der Waals surface area contributed by atoms with Gasteiger partial charge in [0, 0.05) is 22.7 Å². The molecule has 1 aliphatic heterocycles. The van der Waals surface area contributed by atoms with Crippen LogP contribution in [0.5, 0.6) is 28.7 Å². The van der Waals surface area contributed by atoms with Crippen molar-refractivity contribution >= 4 is 17.5 Å². The van der Waals surface area contributed by atoms with Gasteiger partial charge in [-0.15, -0.1) is 0 Å². The van der Waals surface area contributed by atoms with E-state index in [9.17, 15) is 9.90 Å². The number of phenolic OH excluding ortho intramolecular Hbond substituents is 1. The van der Waals surface area contributed by atoms with E-state index in [4.69, 9.17) is 30.5 Å². The Labute approximate surface area is 230 Å². The zero-order valence-electron chi connectivity index (χ0n) is 21.9. The highest BCUT2D eigenvalue weighted by molar-refractivity contribution is 6.30. The van der Waals surface area contributed by atoms with Gasteiger partial charge >= 0.3 is 0 Å². The van der Waals surface area contributed by atoms with Gasteiger partial charge in [-0.2, -0.15) is 5.10 Å². The average Bonchev–Trinajstić information content (AvgIpc) is 3.50. The van der Waals surface area contributed by atoms with Crippen LogP contribution >= 0.6 is 11.6 Å². The van der Waals surface area contributed by atoms with Gasteiger partial charge in [-0.25, -0.2) is 0 Å². The molecule has 0 bridgehead atoms. The first-order valence-corrected chi connectivity index (χ1v) is 12.6. The lowest BCUT2D eigenvalue weighted by Crippen LogP contribution is -2.31.